The van der Waals surface area contributed by atoms with E-state index in [4.69, 9.17) is 5.73 Å². The van der Waals surface area contributed by atoms with Gasteiger partial charge in [-0.25, -0.2) is 4.68 Å². The van der Waals surface area contributed by atoms with Crippen LogP contribution >= 0.6 is 0 Å². The molecule has 1 aromatic carbocycles. The summed E-state index contributed by atoms with van der Waals surface area (Å²) in [6, 6.07) is 9.49. The number of nitrogens with zero attached hydrogens (tertiary/aromatic N) is 2. The van der Waals surface area contributed by atoms with Gasteiger partial charge >= 0.3 is 0 Å². The summed E-state index contributed by atoms with van der Waals surface area (Å²) < 4.78 is 1.77. The third kappa shape index (κ3) is 1.16. The molecule has 0 amide bonds. The lowest BCUT2D eigenvalue weighted by Gasteiger charge is -2.00. The van der Waals surface area contributed by atoms with Crippen molar-refractivity contribution in [3.05, 3.63) is 42.7 Å². The molecular formula is C9H9N3. The molecule has 0 aliphatic heterocycles. The third-order valence-corrected chi connectivity index (χ3v) is 1.64. The lowest BCUT2D eigenvalue weighted by molar-refractivity contribution is 0.881. The van der Waals surface area contributed by atoms with Gasteiger partial charge in [0.25, 0.3) is 0 Å². The number of hydrogen-bond donors (Lipinski definition) is 1. The van der Waals surface area contributed by atoms with Crippen LogP contribution in [0.3, 0.4) is 0 Å². The summed E-state index contributed by atoms with van der Waals surface area (Å²) in [4.78, 5) is 0. The fourth-order valence-electron chi connectivity index (χ4n) is 1.09. The number of anilines is 1. The van der Waals surface area contributed by atoms with E-state index in [1.54, 1.807) is 10.9 Å². The van der Waals surface area contributed by atoms with E-state index in [0.717, 1.165) is 11.4 Å². The summed E-state index contributed by atoms with van der Waals surface area (Å²) in [5.74, 6) is 0. The maximum atomic E-state index is 5.62. The molecule has 2 N–H and O–H groups in total. The lowest BCUT2D eigenvalue weighted by Crippen LogP contribution is -1.94. The maximum Gasteiger partial charge on any atom is 0.0666 e. The Labute approximate surface area is 70.4 Å². The molecule has 0 spiro atoms. The van der Waals surface area contributed by atoms with Crippen molar-refractivity contribution in [3.8, 4) is 5.69 Å². The SMILES string of the molecule is Nc1cccc(-n2cccn2)c1. The van der Waals surface area contributed by atoms with Gasteiger partial charge in [0.05, 0.1) is 5.69 Å². The van der Waals surface area contributed by atoms with Gasteiger partial charge in [-0.1, -0.05) is 6.07 Å². The van der Waals surface area contributed by atoms with Gasteiger partial charge in [-0.05, 0) is 24.3 Å². The Morgan fingerprint density at radius 3 is 2.83 bits per heavy atom. The summed E-state index contributed by atoms with van der Waals surface area (Å²) in [7, 11) is 0. The van der Waals surface area contributed by atoms with Crippen LogP contribution in [0, 0.1) is 0 Å². The van der Waals surface area contributed by atoms with Crippen molar-refractivity contribution in [3.63, 3.8) is 0 Å². The van der Waals surface area contributed by atoms with Crippen molar-refractivity contribution >= 4 is 5.69 Å². The van der Waals surface area contributed by atoms with E-state index in [0.29, 0.717) is 0 Å². The van der Waals surface area contributed by atoms with Crippen LogP contribution in [0.25, 0.3) is 5.69 Å². The second-order valence-electron chi connectivity index (χ2n) is 2.55. The number of benzene rings is 1. The Morgan fingerprint density at radius 1 is 1.25 bits per heavy atom. The standard InChI is InChI=1S/C9H9N3/c10-8-3-1-4-9(7-8)12-6-2-5-11-12/h1-7H,10H2. The maximum absolute atomic E-state index is 5.62. The van der Waals surface area contributed by atoms with E-state index >= 15 is 0 Å². The molecule has 2 rings (SSSR count). The molecule has 60 valence electrons. The highest BCUT2D eigenvalue weighted by Crippen LogP contribution is 2.09. The first-order valence-corrected chi connectivity index (χ1v) is 3.72. The first-order valence-electron chi connectivity index (χ1n) is 3.72. The van der Waals surface area contributed by atoms with Gasteiger partial charge in [0, 0.05) is 18.1 Å². The Balaban J connectivity index is 2.48. The quantitative estimate of drug-likeness (QED) is 0.640. The molecule has 12 heavy (non-hydrogen) atoms. The minimum absolute atomic E-state index is 0.753. The van der Waals surface area contributed by atoms with Gasteiger partial charge in [-0.2, -0.15) is 5.10 Å². The van der Waals surface area contributed by atoms with Gasteiger partial charge in [-0.3, -0.25) is 0 Å². The molecular weight excluding hydrogens is 150 g/mol. The summed E-state index contributed by atoms with van der Waals surface area (Å²) in [6.07, 6.45) is 3.62. The van der Waals surface area contributed by atoms with E-state index in [9.17, 15) is 0 Å². The highest BCUT2D eigenvalue weighted by atomic mass is 15.3. The number of hydrogen-bond acceptors (Lipinski definition) is 2. The molecule has 0 atom stereocenters. The fourth-order valence-corrected chi connectivity index (χ4v) is 1.09. The van der Waals surface area contributed by atoms with E-state index in [1.165, 1.54) is 0 Å². The molecule has 1 heterocycles. The Morgan fingerprint density at radius 2 is 2.17 bits per heavy atom. The van der Waals surface area contributed by atoms with E-state index in [-0.39, 0.29) is 0 Å². The van der Waals surface area contributed by atoms with Crippen molar-refractivity contribution < 1.29 is 0 Å². The fraction of sp³-hybridized carbons (Fsp3) is 0. The molecule has 1 aromatic heterocycles. The van der Waals surface area contributed by atoms with Gasteiger partial charge < -0.3 is 5.73 Å². The Kier molecular flexibility index (Phi) is 1.55. The van der Waals surface area contributed by atoms with Crippen molar-refractivity contribution in [2.75, 3.05) is 5.73 Å². The van der Waals surface area contributed by atoms with Crippen LogP contribution in [0.15, 0.2) is 42.7 Å². The highest BCUT2D eigenvalue weighted by Gasteiger charge is 1.94. The first kappa shape index (κ1) is 6.91. The van der Waals surface area contributed by atoms with Crippen molar-refractivity contribution in [1.82, 2.24) is 9.78 Å². The molecule has 0 bridgehead atoms. The third-order valence-electron chi connectivity index (χ3n) is 1.64. The summed E-state index contributed by atoms with van der Waals surface area (Å²) in [5.41, 5.74) is 7.36. The second-order valence-corrected chi connectivity index (χ2v) is 2.55. The molecule has 0 radical (unpaired) electrons. The molecule has 3 nitrogen and oxygen atoms in total. The molecule has 0 saturated carbocycles. The van der Waals surface area contributed by atoms with Gasteiger partial charge in [0.15, 0.2) is 0 Å². The zero-order chi connectivity index (χ0) is 8.39. The minimum atomic E-state index is 0.753. The Bertz CT molecular complexity index is 365. The van der Waals surface area contributed by atoms with Gasteiger partial charge in [-0.15, -0.1) is 0 Å². The predicted molar refractivity (Wildman–Crippen MR) is 48.0 cm³/mol. The average Bonchev–Trinajstić information content (AvgIpc) is 2.56. The number of nitrogen functional groups attached to an aromatic ring is 1. The van der Waals surface area contributed by atoms with Crippen molar-refractivity contribution in [1.29, 1.82) is 0 Å². The average molecular weight is 159 g/mol. The topological polar surface area (TPSA) is 43.8 Å². The molecule has 0 saturated heterocycles. The van der Waals surface area contributed by atoms with Crippen LogP contribution in [-0.4, -0.2) is 9.78 Å². The first-order chi connectivity index (χ1) is 5.86. The molecule has 0 unspecified atom stereocenters. The lowest BCUT2D eigenvalue weighted by atomic mass is 10.3. The predicted octanol–water partition coefficient (Wildman–Crippen LogP) is 1.45. The number of aromatic nitrogens is 2. The van der Waals surface area contributed by atoms with Crippen LogP contribution in [-0.2, 0) is 0 Å². The smallest absolute Gasteiger partial charge is 0.0666 e. The van der Waals surface area contributed by atoms with Crippen LogP contribution in [0.5, 0.6) is 0 Å². The second kappa shape index (κ2) is 2.70. The minimum Gasteiger partial charge on any atom is -0.399 e. The highest BCUT2D eigenvalue weighted by molar-refractivity contribution is 5.46. The number of nitrogens with two attached hydrogens (primary N) is 1. The molecule has 0 aliphatic carbocycles. The van der Waals surface area contributed by atoms with Crippen LogP contribution in [0.4, 0.5) is 5.69 Å². The summed E-state index contributed by atoms with van der Waals surface area (Å²) in [5, 5.41) is 4.09. The van der Waals surface area contributed by atoms with Crippen LogP contribution in [0.2, 0.25) is 0 Å². The zero-order valence-corrected chi connectivity index (χ0v) is 6.51. The molecule has 0 aliphatic rings. The van der Waals surface area contributed by atoms with Crippen LogP contribution < -0.4 is 5.73 Å². The molecule has 2 aromatic rings. The monoisotopic (exact) mass is 159 g/mol. The largest absolute Gasteiger partial charge is 0.399 e. The molecule has 0 fully saturated rings. The molecule has 3 heteroatoms. The van der Waals surface area contributed by atoms with E-state index < -0.39 is 0 Å². The van der Waals surface area contributed by atoms with E-state index in [2.05, 4.69) is 5.10 Å². The van der Waals surface area contributed by atoms with Crippen molar-refractivity contribution in [2.24, 2.45) is 0 Å². The van der Waals surface area contributed by atoms with E-state index in [1.807, 2.05) is 36.5 Å². The zero-order valence-electron chi connectivity index (χ0n) is 6.51. The normalized spacial score (nSPS) is 10.0. The summed E-state index contributed by atoms with van der Waals surface area (Å²) >= 11 is 0. The summed E-state index contributed by atoms with van der Waals surface area (Å²) in [6.45, 7) is 0. The van der Waals surface area contributed by atoms with Gasteiger partial charge in [0.1, 0.15) is 0 Å². The number of rotatable bonds is 1. The Hall–Kier alpha value is -1.77. The van der Waals surface area contributed by atoms with Crippen LogP contribution in [0.1, 0.15) is 0 Å². The van der Waals surface area contributed by atoms with Crippen molar-refractivity contribution in [2.45, 2.75) is 0 Å². The van der Waals surface area contributed by atoms with Gasteiger partial charge in [0.2, 0.25) is 0 Å².